The molecule has 0 saturated heterocycles. The first kappa shape index (κ1) is 11.6. The molecule has 0 amide bonds. The number of pyridine rings is 1. The SMILES string of the molecule is FC(F)(F)c1ccncc1-c1nccc2ncnn12. The average Bonchev–Trinajstić information content (AvgIpc) is 2.85. The van der Waals surface area contributed by atoms with Gasteiger partial charge in [-0.1, -0.05) is 0 Å². The van der Waals surface area contributed by atoms with Crippen molar-refractivity contribution in [3.05, 3.63) is 42.6 Å². The van der Waals surface area contributed by atoms with Gasteiger partial charge in [0.2, 0.25) is 0 Å². The summed E-state index contributed by atoms with van der Waals surface area (Å²) in [4.78, 5) is 11.6. The molecule has 0 atom stereocenters. The van der Waals surface area contributed by atoms with Gasteiger partial charge in [0.15, 0.2) is 11.5 Å². The highest BCUT2D eigenvalue weighted by atomic mass is 19.4. The smallest absolute Gasteiger partial charge is 0.264 e. The number of halogens is 3. The Bertz CT molecular complexity index is 734. The van der Waals surface area contributed by atoms with Gasteiger partial charge in [-0.05, 0) is 6.07 Å². The fraction of sp³-hybridized carbons (Fsp3) is 0.0909. The Balaban J connectivity index is 2.31. The maximum absolute atomic E-state index is 13.0. The van der Waals surface area contributed by atoms with Crippen molar-refractivity contribution in [1.29, 1.82) is 0 Å². The summed E-state index contributed by atoms with van der Waals surface area (Å²) in [5.74, 6) is 0.0513. The van der Waals surface area contributed by atoms with E-state index in [1.54, 1.807) is 6.07 Å². The fourth-order valence-electron chi connectivity index (χ4n) is 1.76. The lowest BCUT2D eigenvalue weighted by atomic mass is 10.1. The lowest BCUT2D eigenvalue weighted by molar-refractivity contribution is -0.137. The van der Waals surface area contributed by atoms with Crippen LogP contribution in [0.3, 0.4) is 0 Å². The minimum absolute atomic E-state index is 0.0513. The van der Waals surface area contributed by atoms with E-state index in [0.717, 1.165) is 18.5 Å². The number of hydrogen-bond donors (Lipinski definition) is 0. The quantitative estimate of drug-likeness (QED) is 0.677. The molecule has 0 spiro atoms. The molecule has 0 aliphatic heterocycles. The predicted octanol–water partition coefficient (Wildman–Crippen LogP) is 2.21. The molecule has 3 aromatic heterocycles. The van der Waals surface area contributed by atoms with Gasteiger partial charge in [-0.2, -0.15) is 22.8 Å². The van der Waals surface area contributed by atoms with Crippen LogP contribution in [0.25, 0.3) is 17.0 Å². The standard InChI is InChI=1S/C11H6F3N5/c12-11(13,14)8-1-3-15-5-7(8)10-16-4-2-9-17-6-18-19(9)10/h1-6H. The Morgan fingerprint density at radius 2 is 1.89 bits per heavy atom. The summed E-state index contributed by atoms with van der Waals surface area (Å²) in [5, 5.41) is 3.87. The summed E-state index contributed by atoms with van der Waals surface area (Å²) in [5.41, 5.74) is -0.522. The zero-order chi connectivity index (χ0) is 13.5. The zero-order valence-electron chi connectivity index (χ0n) is 9.33. The Morgan fingerprint density at radius 1 is 1.05 bits per heavy atom. The van der Waals surface area contributed by atoms with Gasteiger partial charge in [0.1, 0.15) is 6.33 Å². The Morgan fingerprint density at radius 3 is 2.68 bits per heavy atom. The van der Waals surface area contributed by atoms with Crippen LogP contribution in [0.15, 0.2) is 37.1 Å². The first-order valence-corrected chi connectivity index (χ1v) is 5.24. The van der Waals surface area contributed by atoms with Gasteiger partial charge < -0.3 is 0 Å². The number of fused-ring (bicyclic) bond motifs is 1. The second-order valence-corrected chi connectivity index (χ2v) is 3.72. The maximum Gasteiger partial charge on any atom is 0.417 e. The van der Waals surface area contributed by atoms with Crippen molar-refractivity contribution in [1.82, 2.24) is 24.6 Å². The van der Waals surface area contributed by atoms with E-state index in [9.17, 15) is 13.2 Å². The van der Waals surface area contributed by atoms with Crippen molar-refractivity contribution in [2.75, 3.05) is 0 Å². The normalized spacial score (nSPS) is 11.9. The fourth-order valence-corrected chi connectivity index (χ4v) is 1.76. The van der Waals surface area contributed by atoms with Crippen LogP contribution in [0.1, 0.15) is 5.56 Å². The first-order valence-electron chi connectivity index (χ1n) is 5.24. The molecule has 3 aromatic rings. The van der Waals surface area contributed by atoms with Crippen molar-refractivity contribution in [2.45, 2.75) is 6.18 Å². The monoisotopic (exact) mass is 265 g/mol. The molecule has 0 bridgehead atoms. The molecular formula is C11H6F3N5. The van der Waals surface area contributed by atoms with Crippen LogP contribution in [0.4, 0.5) is 13.2 Å². The molecule has 19 heavy (non-hydrogen) atoms. The van der Waals surface area contributed by atoms with E-state index >= 15 is 0 Å². The second kappa shape index (κ2) is 4.01. The number of hydrogen-bond acceptors (Lipinski definition) is 4. The number of alkyl halides is 3. The third-order valence-corrected chi connectivity index (χ3v) is 2.56. The number of rotatable bonds is 1. The molecule has 3 heterocycles. The van der Waals surface area contributed by atoms with Crippen molar-refractivity contribution < 1.29 is 13.2 Å². The summed E-state index contributed by atoms with van der Waals surface area (Å²) in [6.07, 6.45) is 0.361. The molecular weight excluding hydrogens is 259 g/mol. The van der Waals surface area contributed by atoms with Gasteiger partial charge >= 0.3 is 6.18 Å². The van der Waals surface area contributed by atoms with Crippen LogP contribution >= 0.6 is 0 Å². The summed E-state index contributed by atoms with van der Waals surface area (Å²) < 4.78 is 40.1. The summed E-state index contributed by atoms with van der Waals surface area (Å²) in [7, 11) is 0. The van der Waals surface area contributed by atoms with Crippen molar-refractivity contribution >= 4 is 5.65 Å². The van der Waals surface area contributed by atoms with Crippen LogP contribution in [0, 0.1) is 0 Å². The van der Waals surface area contributed by atoms with Crippen molar-refractivity contribution in [3.8, 4) is 11.4 Å². The van der Waals surface area contributed by atoms with Gasteiger partial charge in [0, 0.05) is 30.2 Å². The molecule has 0 N–H and O–H groups in total. The topological polar surface area (TPSA) is 56.0 Å². The van der Waals surface area contributed by atoms with E-state index in [1.165, 1.54) is 17.0 Å². The zero-order valence-corrected chi connectivity index (χ0v) is 9.33. The van der Waals surface area contributed by atoms with E-state index in [-0.39, 0.29) is 11.4 Å². The Labute approximate surface area is 104 Å². The van der Waals surface area contributed by atoms with Crippen molar-refractivity contribution in [3.63, 3.8) is 0 Å². The van der Waals surface area contributed by atoms with Gasteiger partial charge in [-0.15, -0.1) is 0 Å². The van der Waals surface area contributed by atoms with Crippen molar-refractivity contribution in [2.24, 2.45) is 0 Å². The van der Waals surface area contributed by atoms with E-state index in [0.29, 0.717) is 5.65 Å². The Kier molecular flexibility index (Phi) is 2.44. The van der Waals surface area contributed by atoms with Crippen LogP contribution in [-0.4, -0.2) is 24.6 Å². The van der Waals surface area contributed by atoms with E-state index < -0.39 is 11.7 Å². The van der Waals surface area contributed by atoms with Crippen LogP contribution in [0.2, 0.25) is 0 Å². The molecule has 8 heteroatoms. The molecule has 5 nitrogen and oxygen atoms in total. The van der Waals surface area contributed by atoms with Crippen LogP contribution < -0.4 is 0 Å². The maximum atomic E-state index is 13.0. The predicted molar refractivity (Wildman–Crippen MR) is 59.0 cm³/mol. The summed E-state index contributed by atoms with van der Waals surface area (Å²) in [6, 6.07) is 2.47. The van der Waals surface area contributed by atoms with Gasteiger partial charge in [-0.3, -0.25) is 4.98 Å². The third kappa shape index (κ3) is 1.90. The van der Waals surface area contributed by atoms with Crippen LogP contribution in [0.5, 0.6) is 0 Å². The number of aromatic nitrogens is 5. The number of nitrogens with zero attached hydrogens (tertiary/aromatic N) is 5. The van der Waals surface area contributed by atoms with Crippen LogP contribution in [-0.2, 0) is 6.18 Å². The molecule has 0 aromatic carbocycles. The molecule has 0 radical (unpaired) electrons. The van der Waals surface area contributed by atoms with Gasteiger partial charge in [0.25, 0.3) is 0 Å². The lowest BCUT2D eigenvalue weighted by Crippen LogP contribution is -2.09. The van der Waals surface area contributed by atoms with Gasteiger partial charge in [0.05, 0.1) is 5.56 Å². The molecule has 0 fully saturated rings. The third-order valence-electron chi connectivity index (χ3n) is 2.56. The summed E-state index contributed by atoms with van der Waals surface area (Å²) >= 11 is 0. The highest BCUT2D eigenvalue weighted by Crippen LogP contribution is 2.35. The highest BCUT2D eigenvalue weighted by molar-refractivity contribution is 5.62. The molecule has 96 valence electrons. The lowest BCUT2D eigenvalue weighted by Gasteiger charge is -2.11. The molecule has 0 aliphatic rings. The molecule has 0 unspecified atom stereocenters. The average molecular weight is 265 g/mol. The van der Waals surface area contributed by atoms with E-state index in [1.807, 2.05) is 0 Å². The first-order chi connectivity index (χ1) is 9.07. The minimum atomic E-state index is -4.48. The minimum Gasteiger partial charge on any atom is -0.264 e. The van der Waals surface area contributed by atoms with Gasteiger partial charge in [-0.25, -0.2) is 9.97 Å². The van der Waals surface area contributed by atoms with E-state index in [4.69, 9.17) is 0 Å². The largest absolute Gasteiger partial charge is 0.417 e. The molecule has 0 aliphatic carbocycles. The Hall–Kier alpha value is -2.51. The highest BCUT2D eigenvalue weighted by Gasteiger charge is 2.34. The second-order valence-electron chi connectivity index (χ2n) is 3.72. The molecule has 3 rings (SSSR count). The summed E-state index contributed by atoms with van der Waals surface area (Å²) in [6.45, 7) is 0. The molecule has 0 saturated carbocycles. The van der Waals surface area contributed by atoms with E-state index in [2.05, 4.69) is 20.1 Å².